The number of para-hydroxylation sites is 1. The van der Waals surface area contributed by atoms with Crippen LogP contribution in [0.2, 0.25) is 5.02 Å². The average Bonchev–Trinajstić information content (AvgIpc) is 2.55. The fraction of sp³-hybridized carbons (Fsp3) is 0.500. The van der Waals surface area contributed by atoms with Gasteiger partial charge in [0.05, 0.1) is 43.1 Å². The van der Waals surface area contributed by atoms with Gasteiger partial charge in [0.15, 0.2) is 0 Å². The topological polar surface area (TPSA) is 79.9 Å². The smallest absolute Gasteiger partial charge is 0.319 e. The number of hydrogen-bond donors (Lipinski definition) is 2. The minimum absolute atomic E-state index is 0.107. The highest BCUT2D eigenvalue weighted by molar-refractivity contribution is 6.34. The van der Waals surface area contributed by atoms with Gasteiger partial charge in [-0.25, -0.2) is 4.79 Å². The number of carbonyl (C=O) groups excluding carboxylic acids is 2. The van der Waals surface area contributed by atoms with E-state index in [4.69, 9.17) is 16.3 Å². The molecule has 0 radical (unpaired) electrons. The lowest BCUT2D eigenvalue weighted by Gasteiger charge is -2.31. The van der Waals surface area contributed by atoms with Gasteiger partial charge in [0.2, 0.25) is 0 Å². The van der Waals surface area contributed by atoms with Gasteiger partial charge in [-0.05, 0) is 19.1 Å². The van der Waals surface area contributed by atoms with Crippen molar-refractivity contribution < 1.29 is 19.1 Å². The molecule has 0 aliphatic carbocycles. The van der Waals surface area contributed by atoms with Crippen LogP contribution >= 0.6 is 11.6 Å². The number of amides is 2. The molecule has 0 spiro atoms. The number of ether oxygens (including phenoxy) is 2. The van der Waals surface area contributed by atoms with Crippen LogP contribution in [0.15, 0.2) is 18.2 Å². The fourth-order valence-electron chi connectivity index (χ4n) is 2.49. The highest BCUT2D eigenvalue weighted by Gasteiger charge is 2.19. The Morgan fingerprint density at radius 1 is 1.38 bits per heavy atom. The summed E-state index contributed by atoms with van der Waals surface area (Å²) in [5, 5.41) is 6.07. The van der Waals surface area contributed by atoms with Crippen molar-refractivity contribution in [2.24, 2.45) is 0 Å². The first-order valence-corrected chi connectivity index (χ1v) is 8.14. The standard InChI is InChI=1S/C16H22ClN3O4/c1-11(10-14(21)23-2)18-16(22)19-13-5-3-4-12(17)15(13)20-6-8-24-9-7-20/h3-5,11H,6-10H2,1-2H3,(H2,18,19,22)/t11-/m1/s1. The van der Waals surface area contributed by atoms with Crippen LogP contribution in [0.1, 0.15) is 13.3 Å². The summed E-state index contributed by atoms with van der Waals surface area (Å²) in [5.74, 6) is -0.375. The monoisotopic (exact) mass is 355 g/mol. The molecule has 24 heavy (non-hydrogen) atoms. The molecule has 2 amide bonds. The third-order valence-corrected chi connectivity index (χ3v) is 3.95. The van der Waals surface area contributed by atoms with Gasteiger partial charge in [-0.15, -0.1) is 0 Å². The van der Waals surface area contributed by atoms with Gasteiger partial charge in [0.1, 0.15) is 0 Å². The number of methoxy groups -OCH3 is 1. The molecule has 8 heteroatoms. The van der Waals surface area contributed by atoms with E-state index in [9.17, 15) is 9.59 Å². The number of morpholine rings is 1. The first-order valence-electron chi connectivity index (χ1n) is 7.76. The maximum absolute atomic E-state index is 12.2. The van der Waals surface area contributed by atoms with Crippen LogP contribution in [-0.4, -0.2) is 51.5 Å². The molecule has 1 fully saturated rings. The maximum atomic E-state index is 12.2. The molecule has 0 bridgehead atoms. The molecule has 0 unspecified atom stereocenters. The molecule has 7 nitrogen and oxygen atoms in total. The Balaban J connectivity index is 2.04. The molecule has 1 heterocycles. The summed E-state index contributed by atoms with van der Waals surface area (Å²) in [6.07, 6.45) is 0.107. The number of benzene rings is 1. The van der Waals surface area contributed by atoms with E-state index in [0.717, 1.165) is 5.69 Å². The number of urea groups is 1. The average molecular weight is 356 g/mol. The number of anilines is 2. The number of rotatable bonds is 5. The molecule has 1 atom stereocenters. The molecular formula is C16H22ClN3O4. The zero-order valence-electron chi connectivity index (χ0n) is 13.8. The van der Waals surface area contributed by atoms with Crippen molar-refractivity contribution in [2.45, 2.75) is 19.4 Å². The van der Waals surface area contributed by atoms with E-state index >= 15 is 0 Å². The first kappa shape index (κ1) is 18.4. The maximum Gasteiger partial charge on any atom is 0.319 e. The van der Waals surface area contributed by atoms with Gasteiger partial charge >= 0.3 is 12.0 Å². The number of nitrogens with one attached hydrogen (secondary N) is 2. The predicted octanol–water partition coefficient (Wildman–Crippen LogP) is 2.25. The second kappa shape index (κ2) is 8.75. The number of carbonyl (C=O) groups is 2. The lowest BCUT2D eigenvalue weighted by molar-refractivity contribution is -0.141. The van der Waals surface area contributed by atoms with E-state index in [2.05, 4.69) is 20.3 Å². The third kappa shape index (κ3) is 5.01. The Morgan fingerprint density at radius 3 is 2.75 bits per heavy atom. The van der Waals surface area contributed by atoms with Crippen LogP contribution in [0.3, 0.4) is 0 Å². The first-order chi connectivity index (χ1) is 11.5. The quantitative estimate of drug-likeness (QED) is 0.792. The fourth-order valence-corrected chi connectivity index (χ4v) is 2.79. The molecular weight excluding hydrogens is 334 g/mol. The number of halogens is 1. The summed E-state index contributed by atoms with van der Waals surface area (Å²) >= 11 is 6.32. The van der Waals surface area contributed by atoms with Gasteiger partial charge in [0.25, 0.3) is 0 Å². The summed E-state index contributed by atoms with van der Waals surface area (Å²) in [5.41, 5.74) is 1.39. The Morgan fingerprint density at radius 2 is 2.08 bits per heavy atom. The second-order valence-electron chi connectivity index (χ2n) is 5.52. The highest BCUT2D eigenvalue weighted by atomic mass is 35.5. The van der Waals surface area contributed by atoms with Crippen molar-refractivity contribution in [3.63, 3.8) is 0 Å². The van der Waals surface area contributed by atoms with Crippen molar-refractivity contribution in [3.05, 3.63) is 23.2 Å². The zero-order chi connectivity index (χ0) is 17.5. The number of nitrogens with zero attached hydrogens (tertiary/aromatic N) is 1. The van der Waals surface area contributed by atoms with E-state index in [1.165, 1.54) is 7.11 Å². The van der Waals surface area contributed by atoms with Crippen molar-refractivity contribution in [2.75, 3.05) is 43.6 Å². The Bertz CT molecular complexity index is 591. The zero-order valence-corrected chi connectivity index (χ0v) is 14.6. The van der Waals surface area contributed by atoms with Gasteiger partial charge in [-0.3, -0.25) is 4.79 Å². The lowest BCUT2D eigenvalue weighted by Crippen LogP contribution is -2.39. The van der Waals surface area contributed by atoms with Crippen molar-refractivity contribution in [3.8, 4) is 0 Å². The summed E-state index contributed by atoms with van der Waals surface area (Å²) in [6.45, 7) is 4.38. The molecule has 0 saturated carbocycles. The Labute approximate surface area is 146 Å². The largest absolute Gasteiger partial charge is 0.469 e. The lowest BCUT2D eigenvalue weighted by atomic mass is 10.2. The van der Waals surface area contributed by atoms with Crippen LogP contribution in [0.5, 0.6) is 0 Å². The third-order valence-electron chi connectivity index (χ3n) is 3.64. The molecule has 1 aliphatic heterocycles. The molecule has 0 aromatic heterocycles. The summed E-state index contributed by atoms with van der Waals surface area (Å²) in [6, 6.07) is 4.61. The van der Waals surface area contributed by atoms with E-state index < -0.39 is 6.03 Å². The van der Waals surface area contributed by atoms with Crippen LogP contribution in [0, 0.1) is 0 Å². The normalized spacial score (nSPS) is 15.5. The summed E-state index contributed by atoms with van der Waals surface area (Å²) in [4.78, 5) is 25.5. The van der Waals surface area contributed by atoms with Crippen LogP contribution in [-0.2, 0) is 14.3 Å². The molecule has 2 N–H and O–H groups in total. The van der Waals surface area contributed by atoms with Crippen LogP contribution in [0.4, 0.5) is 16.2 Å². The second-order valence-corrected chi connectivity index (χ2v) is 5.92. The van der Waals surface area contributed by atoms with Crippen LogP contribution in [0.25, 0.3) is 0 Å². The molecule has 1 saturated heterocycles. The molecule has 1 aromatic rings. The van der Waals surface area contributed by atoms with Gasteiger partial charge in [0, 0.05) is 19.1 Å². The van der Waals surface area contributed by atoms with Crippen molar-refractivity contribution in [1.29, 1.82) is 0 Å². The summed E-state index contributed by atoms with van der Waals surface area (Å²) < 4.78 is 9.94. The molecule has 132 valence electrons. The minimum atomic E-state index is -0.400. The number of hydrogen-bond acceptors (Lipinski definition) is 5. The van der Waals surface area contributed by atoms with E-state index in [1.807, 2.05) is 0 Å². The molecule has 2 rings (SSSR count). The van der Waals surface area contributed by atoms with E-state index in [1.54, 1.807) is 25.1 Å². The predicted molar refractivity (Wildman–Crippen MR) is 92.7 cm³/mol. The van der Waals surface area contributed by atoms with Crippen LogP contribution < -0.4 is 15.5 Å². The van der Waals surface area contributed by atoms with Crippen molar-refractivity contribution in [1.82, 2.24) is 5.32 Å². The Hall–Kier alpha value is -1.99. The molecule has 1 aromatic carbocycles. The Kier molecular flexibility index (Phi) is 6.69. The SMILES string of the molecule is COC(=O)C[C@@H](C)NC(=O)Nc1cccc(Cl)c1N1CCOCC1. The highest BCUT2D eigenvalue weighted by Crippen LogP contribution is 2.34. The van der Waals surface area contributed by atoms with E-state index in [-0.39, 0.29) is 18.4 Å². The van der Waals surface area contributed by atoms with Gasteiger partial charge in [-0.1, -0.05) is 17.7 Å². The van der Waals surface area contributed by atoms with Crippen molar-refractivity contribution >= 4 is 35.0 Å². The minimum Gasteiger partial charge on any atom is -0.469 e. The van der Waals surface area contributed by atoms with Gasteiger partial charge in [-0.2, -0.15) is 0 Å². The summed E-state index contributed by atoms with van der Waals surface area (Å²) in [7, 11) is 1.32. The van der Waals surface area contributed by atoms with Gasteiger partial charge < -0.3 is 25.0 Å². The molecule has 1 aliphatic rings. The van der Waals surface area contributed by atoms with E-state index in [0.29, 0.717) is 37.0 Å². The number of esters is 1.